The molecule has 0 spiro atoms. The van der Waals surface area contributed by atoms with Crippen molar-refractivity contribution in [3.05, 3.63) is 42.5 Å². The number of halogens is 1. The molecule has 1 atom stereocenters. The second kappa shape index (κ2) is 5.83. The van der Waals surface area contributed by atoms with Crippen molar-refractivity contribution in [2.75, 3.05) is 26.3 Å². The maximum atomic E-state index is 2.51. The number of hydrogen-bond donors (Lipinski definition) is 1. The van der Waals surface area contributed by atoms with Crippen molar-refractivity contribution in [1.82, 2.24) is 4.90 Å². The Morgan fingerprint density at radius 2 is 1.89 bits per heavy atom. The van der Waals surface area contributed by atoms with Gasteiger partial charge >= 0.3 is 0 Å². The highest BCUT2D eigenvalue weighted by molar-refractivity contribution is 5.90. The molecule has 3 rings (SSSR count). The van der Waals surface area contributed by atoms with Gasteiger partial charge in [0.1, 0.15) is 12.4 Å². The van der Waals surface area contributed by atoms with E-state index in [1.165, 1.54) is 29.5 Å². The van der Waals surface area contributed by atoms with Crippen molar-refractivity contribution >= 4 is 16.5 Å². The Morgan fingerprint density at radius 3 is 2.67 bits per heavy atom. The van der Waals surface area contributed by atoms with Gasteiger partial charge in [-0.1, -0.05) is 37.3 Å². The lowest BCUT2D eigenvalue weighted by atomic mass is 10.1. The van der Waals surface area contributed by atoms with Crippen LogP contribution in [0.2, 0.25) is 0 Å². The molecule has 2 aromatic carbocycles. The topological polar surface area (TPSA) is 7.68 Å². The summed E-state index contributed by atoms with van der Waals surface area (Å²) in [7, 11) is 0. The van der Waals surface area contributed by atoms with Crippen molar-refractivity contribution in [1.29, 1.82) is 0 Å². The zero-order chi connectivity index (χ0) is 11.7. The first-order valence-electron chi connectivity index (χ1n) is 6.43. The fourth-order valence-electron chi connectivity index (χ4n) is 2.74. The molecule has 1 saturated heterocycles. The van der Waals surface area contributed by atoms with E-state index in [2.05, 4.69) is 54.3 Å². The highest BCUT2D eigenvalue weighted by Gasteiger charge is 2.24. The molecule has 0 aromatic heterocycles. The van der Waals surface area contributed by atoms with Gasteiger partial charge in [-0.3, -0.25) is 9.80 Å². The number of hydrogen-bond acceptors (Lipinski definition) is 1. The normalized spacial score (nSPS) is 19.9. The van der Waals surface area contributed by atoms with E-state index in [0.717, 1.165) is 13.2 Å². The first kappa shape index (κ1) is 13.5. The molecule has 96 valence electrons. The van der Waals surface area contributed by atoms with Crippen molar-refractivity contribution < 1.29 is 21.9 Å². The van der Waals surface area contributed by atoms with E-state index >= 15 is 0 Å². The lowest BCUT2D eigenvalue weighted by molar-refractivity contribution is -0.822. The van der Waals surface area contributed by atoms with E-state index in [9.17, 15) is 0 Å². The smallest absolute Gasteiger partial charge is 0.140 e. The van der Waals surface area contributed by atoms with E-state index in [1.807, 2.05) is 0 Å². The molecule has 0 radical (unpaired) electrons. The second-order valence-electron chi connectivity index (χ2n) is 4.75. The van der Waals surface area contributed by atoms with Crippen molar-refractivity contribution in [2.24, 2.45) is 0 Å². The summed E-state index contributed by atoms with van der Waals surface area (Å²) in [6.45, 7) is 6.99. The Labute approximate surface area is 119 Å². The third-order valence-electron chi connectivity index (χ3n) is 3.76. The summed E-state index contributed by atoms with van der Waals surface area (Å²) >= 11 is 0. The second-order valence-corrected chi connectivity index (χ2v) is 4.75. The van der Waals surface area contributed by atoms with Gasteiger partial charge in [0.25, 0.3) is 0 Å². The quantitative estimate of drug-likeness (QED) is 0.721. The molecular weight excluding hydrogens is 288 g/mol. The third kappa shape index (κ3) is 2.44. The van der Waals surface area contributed by atoms with Crippen LogP contribution in [0.5, 0.6) is 0 Å². The summed E-state index contributed by atoms with van der Waals surface area (Å²) in [4.78, 5) is 4.11. The molecule has 18 heavy (non-hydrogen) atoms. The Bertz CT molecular complexity index is 521. The van der Waals surface area contributed by atoms with Gasteiger partial charge in [-0.05, 0) is 17.5 Å². The zero-order valence-electron chi connectivity index (χ0n) is 10.7. The first-order chi connectivity index (χ1) is 8.38. The van der Waals surface area contributed by atoms with Gasteiger partial charge in [0.05, 0.1) is 13.1 Å². The van der Waals surface area contributed by atoms with E-state index in [4.69, 9.17) is 0 Å². The number of fused-ring (bicyclic) bond motifs is 1. The van der Waals surface area contributed by atoms with Crippen LogP contribution >= 0.6 is 0 Å². The van der Waals surface area contributed by atoms with E-state index in [0.29, 0.717) is 0 Å². The average molecular weight is 307 g/mol. The average Bonchev–Trinajstić information content (AvgIpc) is 2.87. The molecule has 0 amide bonds. The monoisotopic (exact) mass is 306 g/mol. The predicted octanol–water partition coefficient (Wildman–Crippen LogP) is -1.35. The molecule has 1 N–H and O–H groups in total. The molecule has 3 heteroatoms. The van der Waals surface area contributed by atoms with Crippen LogP contribution in [-0.4, -0.2) is 31.2 Å². The van der Waals surface area contributed by atoms with Gasteiger partial charge < -0.3 is 17.0 Å². The highest BCUT2D eigenvalue weighted by Crippen LogP contribution is 2.20. The molecule has 0 aliphatic carbocycles. The largest absolute Gasteiger partial charge is 1.00 e. The molecule has 1 heterocycles. The van der Waals surface area contributed by atoms with Crippen LogP contribution in [0.3, 0.4) is 0 Å². The van der Waals surface area contributed by atoms with Gasteiger partial charge in [-0.2, -0.15) is 0 Å². The van der Waals surface area contributed by atoms with Gasteiger partial charge in [-0.25, -0.2) is 0 Å². The van der Waals surface area contributed by atoms with Gasteiger partial charge in [-0.15, -0.1) is 0 Å². The number of rotatable bonds is 2. The Balaban J connectivity index is 0.00000120. The maximum Gasteiger partial charge on any atom is 0.140 e. The Morgan fingerprint density at radius 1 is 1.11 bits per heavy atom. The molecule has 2 nitrogen and oxygen atoms in total. The molecule has 1 aliphatic rings. The molecule has 1 aliphatic heterocycles. The SMILES string of the molecule is CCN1CC[NH+](c2cccc3ccccc23)C1.[Br-]. The minimum atomic E-state index is 0. The summed E-state index contributed by atoms with van der Waals surface area (Å²) in [5, 5.41) is 2.76. The minimum Gasteiger partial charge on any atom is -1.00 e. The van der Waals surface area contributed by atoms with Gasteiger partial charge in [0.15, 0.2) is 0 Å². The first-order valence-corrected chi connectivity index (χ1v) is 6.43. The lowest BCUT2D eigenvalue weighted by Crippen LogP contribution is -3.05. The van der Waals surface area contributed by atoms with Gasteiger partial charge in [0, 0.05) is 11.9 Å². The zero-order valence-corrected chi connectivity index (χ0v) is 12.3. The van der Waals surface area contributed by atoms with Crippen LogP contribution in [-0.2, 0) is 0 Å². The van der Waals surface area contributed by atoms with E-state index in [1.54, 1.807) is 4.90 Å². The molecular formula is C15H19BrN2. The fraction of sp³-hybridized carbons (Fsp3) is 0.333. The maximum absolute atomic E-state index is 2.51. The summed E-state index contributed by atoms with van der Waals surface area (Å²) in [6, 6.07) is 15.4. The summed E-state index contributed by atoms with van der Waals surface area (Å²) in [6.07, 6.45) is 0. The molecule has 0 bridgehead atoms. The Hall–Kier alpha value is -0.900. The lowest BCUT2D eigenvalue weighted by Gasteiger charge is -2.15. The number of quaternary nitrogens is 1. The van der Waals surface area contributed by atoms with Crippen molar-refractivity contribution in [3.63, 3.8) is 0 Å². The van der Waals surface area contributed by atoms with E-state index < -0.39 is 0 Å². The predicted molar refractivity (Wildman–Crippen MR) is 71.6 cm³/mol. The summed E-state index contributed by atoms with van der Waals surface area (Å²) in [5.41, 5.74) is 1.46. The molecule has 1 fully saturated rings. The van der Waals surface area contributed by atoms with Crippen LogP contribution in [0, 0.1) is 0 Å². The van der Waals surface area contributed by atoms with Crippen LogP contribution in [0.25, 0.3) is 10.8 Å². The highest BCUT2D eigenvalue weighted by atomic mass is 79.9. The molecule has 2 aromatic rings. The van der Waals surface area contributed by atoms with Crippen LogP contribution in [0.15, 0.2) is 42.5 Å². The van der Waals surface area contributed by atoms with Gasteiger partial charge in [0.2, 0.25) is 0 Å². The van der Waals surface area contributed by atoms with E-state index in [-0.39, 0.29) is 17.0 Å². The third-order valence-corrected chi connectivity index (χ3v) is 3.76. The van der Waals surface area contributed by atoms with Crippen LogP contribution in [0.4, 0.5) is 5.69 Å². The molecule has 0 saturated carbocycles. The number of benzene rings is 2. The fourth-order valence-corrected chi connectivity index (χ4v) is 2.74. The number of nitrogens with zero attached hydrogens (tertiary/aromatic N) is 1. The van der Waals surface area contributed by atoms with Crippen molar-refractivity contribution in [3.8, 4) is 0 Å². The summed E-state index contributed by atoms with van der Waals surface area (Å²) < 4.78 is 0. The van der Waals surface area contributed by atoms with Crippen LogP contribution < -0.4 is 21.9 Å². The number of nitrogens with one attached hydrogen (secondary N) is 1. The number of likely N-dealkylation sites (N-methyl/N-ethyl adjacent to an activating group) is 1. The van der Waals surface area contributed by atoms with Crippen molar-refractivity contribution in [2.45, 2.75) is 6.92 Å². The van der Waals surface area contributed by atoms with Crippen LogP contribution in [0.1, 0.15) is 6.92 Å². The Kier molecular flexibility index (Phi) is 4.38. The molecule has 1 unspecified atom stereocenters. The minimum absolute atomic E-state index is 0. The summed E-state index contributed by atoms with van der Waals surface area (Å²) in [5.74, 6) is 0. The standard InChI is InChI=1S/C15H18N2.BrH/c1-2-16-10-11-17(12-16)15-9-5-7-13-6-3-4-8-14(13)15;/h3-9H,2,10-12H2,1H3;1H.